The van der Waals surface area contributed by atoms with Crippen LogP contribution in [0.5, 0.6) is 0 Å². The molecule has 0 aromatic rings. The van der Waals surface area contributed by atoms with Gasteiger partial charge in [-0.1, -0.05) is 0 Å². The zero-order chi connectivity index (χ0) is 13.5. The van der Waals surface area contributed by atoms with Crippen LogP contribution in [0.15, 0.2) is 0 Å². The van der Waals surface area contributed by atoms with Crippen molar-refractivity contribution in [3.05, 3.63) is 0 Å². The third kappa shape index (κ3) is 2810. The summed E-state index contributed by atoms with van der Waals surface area (Å²) in [6.07, 6.45) is 0. The van der Waals surface area contributed by atoms with Gasteiger partial charge in [0.05, 0.1) is 44.7 Å². The first-order valence-electron chi connectivity index (χ1n) is 1.90. The molecule has 0 amide bonds. The van der Waals surface area contributed by atoms with Crippen molar-refractivity contribution < 1.29 is 86.6 Å². The van der Waals surface area contributed by atoms with Crippen LogP contribution in [0.25, 0.3) is 0 Å². The second-order valence-corrected chi connectivity index (χ2v) is 3.56. The maximum atomic E-state index is 8.60. The van der Waals surface area contributed by atoms with E-state index in [1.54, 1.807) is 0 Å². The summed E-state index contributed by atoms with van der Waals surface area (Å²) >= 11 is 0. The first-order valence-corrected chi connectivity index (χ1v) is 5.69. The molecule has 0 aromatic carbocycles. The minimum Gasteiger partial charge on any atom is -0.183 e. The second kappa shape index (κ2) is 10.00. The Morgan fingerprint density at radius 1 is 0.438 bits per heavy atom. The van der Waals surface area contributed by atoms with Crippen molar-refractivity contribution in [2.45, 2.75) is 0 Å². The van der Waals surface area contributed by atoms with E-state index in [4.69, 9.17) is 55.9 Å². The van der Waals surface area contributed by atoms with E-state index in [1.807, 2.05) is 0 Å². The van der Waals surface area contributed by atoms with Crippen molar-refractivity contribution in [1.29, 1.82) is 0 Å². The second-order valence-electron chi connectivity index (χ2n) is 1.19. The van der Waals surface area contributed by atoms with Crippen LogP contribution in [0.3, 0.4) is 0 Å². The molecule has 0 fully saturated rings. The molecule has 16 heteroatoms. The summed E-state index contributed by atoms with van der Waals surface area (Å²) in [5.41, 5.74) is 0. The molecule has 0 saturated carbocycles. The largest absolute Gasteiger partial charge is 0.183 e. The maximum absolute atomic E-state index is 8.60. The quantitative estimate of drug-likeness (QED) is 0.335. The Balaban J connectivity index is -0.0000000655. The minimum absolute atomic E-state index is 0. The third-order valence-corrected chi connectivity index (χ3v) is 0. The van der Waals surface area contributed by atoms with Gasteiger partial charge in [0, 0.05) is 19.8 Å². The molecule has 3 radical (unpaired) electrons. The fourth-order valence-corrected chi connectivity index (χ4v) is 0. The molecule has 0 heterocycles. The number of rotatable bonds is 0. The summed E-state index contributed by atoms with van der Waals surface area (Å²) in [5.74, 6) is 0. The van der Waals surface area contributed by atoms with Crippen LogP contribution in [0.1, 0.15) is 0 Å². The predicted molar refractivity (Wildman–Crippen MR) is 12.4 cm³/mol. The molecule has 3 N–H and O–H groups in total. The SMILES string of the molecule is [Ga].[O-][Cl+3]([O-])([O-])O.[O-][Cl+3]([O-])([O-])O.[O-][Cl+3]([O-])([O-])O. The molecule has 0 atom stereocenters. The van der Waals surface area contributed by atoms with E-state index in [0.29, 0.717) is 0 Å². The van der Waals surface area contributed by atoms with Crippen molar-refractivity contribution in [3.8, 4) is 0 Å². The van der Waals surface area contributed by atoms with Crippen molar-refractivity contribution in [2.75, 3.05) is 0 Å². The molecule has 99 valence electrons. The van der Waals surface area contributed by atoms with E-state index < -0.39 is 30.7 Å². The molecule has 0 aromatic heterocycles. The van der Waals surface area contributed by atoms with Crippen LogP contribution in [0, 0.1) is 30.7 Å². The van der Waals surface area contributed by atoms with E-state index in [2.05, 4.69) is 0 Å². The van der Waals surface area contributed by atoms with Crippen LogP contribution >= 0.6 is 0 Å². The van der Waals surface area contributed by atoms with Gasteiger partial charge in [-0.2, -0.15) is 41.9 Å². The van der Waals surface area contributed by atoms with Gasteiger partial charge in [-0.15, -0.1) is 0 Å². The number of hydrogen-bond donors (Lipinski definition) is 3. The Labute approximate surface area is 106 Å². The van der Waals surface area contributed by atoms with Crippen LogP contribution in [-0.4, -0.2) is 33.8 Å². The van der Waals surface area contributed by atoms with E-state index in [9.17, 15) is 0 Å². The van der Waals surface area contributed by atoms with Gasteiger partial charge in [0.15, 0.2) is 0 Å². The van der Waals surface area contributed by atoms with E-state index in [-0.39, 0.29) is 19.8 Å². The molecule has 0 saturated heterocycles. The molecule has 0 aliphatic heterocycles. The van der Waals surface area contributed by atoms with Gasteiger partial charge in [-0.05, 0) is 0 Å². The zero-order valence-corrected chi connectivity index (χ0v) is 11.4. The van der Waals surface area contributed by atoms with Gasteiger partial charge in [-0.25, -0.2) is 0 Å². The molecule has 16 heavy (non-hydrogen) atoms. The molecule has 0 unspecified atom stereocenters. The molecule has 0 rings (SSSR count). The smallest absolute Gasteiger partial charge is 0.0777 e. The van der Waals surface area contributed by atoms with Crippen molar-refractivity contribution in [2.24, 2.45) is 0 Å². The molecular formula is H3Cl3GaO12. The standard InChI is InChI=1S/3ClHO4.Ga/c3*2-1(3,4)5;/h3*(H,2,3,4,5);. The van der Waals surface area contributed by atoms with E-state index >= 15 is 0 Å². The monoisotopic (exact) mass is 369 g/mol. The Morgan fingerprint density at radius 2 is 0.438 bits per heavy atom. The maximum Gasteiger partial charge on any atom is 0.0777 e. The predicted octanol–water partition coefficient (Wildman–Crippen LogP) is -12.8. The normalized spacial score (nSPS) is 11.2. The van der Waals surface area contributed by atoms with Crippen LogP contribution in [0.4, 0.5) is 0 Å². The summed E-state index contributed by atoms with van der Waals surface area (Å²) < 4.78 is 98.2. The van der Waals surface area contributed by atoms with Gasteiger partial charge in [0.2, 0.25) is 0 Å². The third-order valence-electron chi connectivity index (χ3n) is 0. The van der Waals surface area contributed by atoms with Crippen molar-refractivity contribution >= 4 is 19.8 Å². The Bertz CT molecular complexity index is 91.3. The summed E-state index contributed by atoms with van der Waals surface area (Å²) in [6, 6.07) is 0. The van der Waals surface area contributed by atoms with Gasteiger partial charge < -0.3 is 0 Å². The average molecular weight is 371 g/mol. The van der Waals surface area contributed by atoms with Gasteiger partial charge in [0.25, 0.3) is 0 Å². The number of halogens is 3. The molecule has 12 nitrogen and oxygen atoms in total. The summed E-state index contributed by atoms with van der Waals surface area (Å²) in [7, 11) is -14.1. The van der Waals surface area contributed by atoms with Crippen molar-refractivity contribution in [3.63, 3.8) is 0 Å². The topological polar surface area (TPSA) is 268 Å². The van der Waals surface area contributed by atoms with E-state index in [0.717, 1.165) is 0 Å². The molecular weight excluding hydrogens is 368 g/mol. The van der Waals surface area contributed by atoms with E-state index in [1.165, 1.54) is 0 Å². The first-order chi connectivity index (χ1) is 6.00. The Morgan fingerprint density at radius 3 is 0.438 bits per heavy atom. The van der Waals surface area contributed by atoms with Crippen LogP contribution < -0.4 is 41.9 Å². The first kappa shape index (κ1) is 25.8. The molecule has 0 bridgehead atoms. The van der Waals surface area contributed by atoms with Gasteiger partial charge >= 0.3 is 0 Å². The Hall–Kier alpha value is 1.03. The summed E-state index contributed by atoms with van der Waals surface area (Å²) in [4.78, 5) is 0. The fourth-order valence-electron chi connectivity index (χ4n) is 0. The average Bonchev–Trinajstić information content (AvgIpc) is 1.41. The molecule has 0 spiro atoms. The van der Waals surface area contributed by atoms with Gasteiger partial charge in [-0.3, -0.25) is 0 Å². The van der Waals surface area contributed by atoms with Gasteiger partial charge in [0.1, 0.15) is 0 Å². The fraction of sp³-hybridized carbons (Fsp3) is 0. The zero-order valence-electron chi connectivity index (χ0n) is 6.73. The van der Waals surface area contributed by atoms with Crippen molar-refractivity contribution in [1.82, 2.24) is 0 Å². The molecule has 0 aliphatic rings. The summed E-state index contributed by atoms with van der Waals surface area (Å²) in [6.45, 7) is 0. The number of hydrogen-bond acceptors (Lipinski definition) is 12. The van der Waals surface area contributed by atoms with Crippen LogP contribution in [0.2, 0.25) is 0 Å². The Kier molecular flexibility index (Phi) is 16.1. The minimum atomic E-state index is -4.69. The van der Waals surface area contributed by atoms with Crippen LogP contribution in [-0.2, 0) is 0 Å². The summed E-state index contributed by atoms with van der Waals surface area (Å²) in [5, 5.41) is 0. The molecule has 0 aliphatic carbocycles.